The molecule has 0 aliphatic heterocycles. The van der Waals surface area contributed by atoms with Crippen LogP contribution in [0.5, 0.6) is 0 Å². The molecule has 12 heteroatoms. The summed E-state index contributed by atoms with van der Waals surface area (Å²) in [4.78, 5) is 11.9. The third-order valence-electron chi connectivity index (χ3n) is 9.47. The normalized spacial score (nSPS) is 11.6. The summed E-state index contributed by atoms with van der Waals surface area (Å²) < 4.78 is 60.5. The molecule has 0 heterocycles. The van der Waals surface area contributed by atoms with Gasteiger partial charge in [0, 0.05) is 13.0 Å². The van der Waals surface area contributed by atoms with Crippen molar-refractivity contribution in [1.82, 2.24) is 0 Å². The maximum Gasteiger partial charge on any atom is 0.305 e. The minimum Gasteiger partial charge on any atom is -0.463 e. The Kier molecular flexibility index (Phi) is 53.2. The van der Waals surface area contributed by atoms with E-state index in [4.69, 9.17) is 52.1 Å². The molecule has 58 heavy (non-hydrogen) atoms. The van der Waals surface area contributed by atoms with Crippen molar-refractivity contribution in [2.45, 2.75) is 155 Å². The Bertz CT molecular complexity index is 747. The van der Waals surface area contributed by atoms with Gasteiger partial charge in [-0.15, -0.1) is 0 Å². The molecule has 0 rings (SSSR count). The number of unbranched alkanes of at least 4 members (excludes halogenated alkanes) is 19. The summed E-state index contributed by atoms with van der Waals surface area (Å²) in [6.07, 6.45) is 27.9. The lowest BCUT2D eigenvalue weighted by molar-refractivity contribution is -0.145. The van der Waals surface area contributed by atoms with Crippen molar-refractivity contribution < 1.29 is 56.9 Å². The van der Waals surface area contributed by atoms with E-state index in [-0.39, 0.29) is 5.97 Å². The molecule has 0 aliphatic carbocycles. The number of carbonyl (C=O) groups is 1. The van der Waals surface area contributed by atoms with Gasteiger partial charge >= 0.3 is 5.97 Å². The van der Waals surface area contributed by atoms with Crippen LogP contribution in [0.4, 0.5) is 0 Å². The zero-order valence-corrected chi connectivity index (χ0v) is 37.8. The van der Waals surface area contributed by atoms with Gasteiger partial charge in [0.25, 0.3) is 0 Å². The van der Waals surface area contributed by atoms with Crippen LogP contribution >= 0.6 is 0 Å². The molecule has 0 N–H and O–H groups in total. The van der Waals surface area contributed by atoms with E-state index in [9.17, 15) is 4.79 Å². The number of hydrogen-bond acceptors (Lipinski definition) is 12. The molecular weight excluding hydrogens is 744 g/mol. The molecular formula is C46H92O12. The Hall–Kier alpha value is -0.930. The van der Waals surface area contributed by atoms with E-state index in [2.05, 4.69) is 13.8 Å². The standard InChI is InChI=1S/C46H92O12/c1-3-5-7-9-11-12-13-14-15-16-17-18-19-20-22-24-46(47)58-45-44-57-43-42-56-41-40-55-39-38-54-37-36-53-35-34-52-33-32-51-31-30-50-29-28-49-27-26-48-25-23-21-10-8-6-4-2/h3-45H2,1-2H3. The van der Waals surface area contributed by atoms with Gasteiger partial charge < -0.3 is 52.1 Å². The van der Waals surface area contributed by atoms with Crippen LogP contribution < -0.4 is 0 Å². The van der Waals surface area contributed by atoms with E-state index in [0.29, 0.717) is 139 Å². The first kappa shape index (κ1) is 57.1. The zero-order chi connectivity index (χ0) is 41.8. The van der Waals surface area contributed by atoms with Gasteiger partial charge in [-0.25, -0.2) is 0 Å². The number of hydrogen-bond donors (Lipinski definition) is 0. The average Bonchev–Trinajstić information content (AvgIpc) is 3.23. The molecule has 0 spiro atoms. The van der Waals surface area contributed by atoms with E-state index in [0.717, 1.165) is 25.9 Å². The Morgan fingerprint density at radius 1 is 0.241 bits per heavy atom. The molecule has 0 saturated heterocycles. The van der Waals surface area contributed by atoms with Crippen molar-refractivity contribution >= 4 is 5.97 Å². The van der Waals surface area contributed by atoms with Gasteiger partial charge in [-0.1, -0.05) is 136 Å². The van der Waals surface area contributed by atoms with Crippen LogP contribution in [0.2, 0.25) is 0 Å². The van der Waals surface area contributed by atoms with Crippen molar-refractivity contribution in [3.63, 3.8) is 0 Å². The van der Waals surface area contributed by atoms with Gasteiger partial charge in [0.2, 0.25) is 0 Å². The summed E-state index contributed by atoms with van der Waals surface area (Å²) in [7, 11) is 0. The van der Waals surface area contributed by atoms with Crippen LogP contribution in [0.15, 0.2) is 0 Å². The number of rotatable bonds is 53. The largest absolute Gasteiger partial charge is 0.463 e. The van der Waals surface area contributed by atoms with E-state index in [1.165, 1.54) is 116 Å². The number of carbonyl (C=O) groups excluding carboxylic acids is 1. The highest BCUT2D eigenvalue weighted by Crippen LogP contribution is 2.14. The van der Waals surface area contributed by atoms with Crippen molar-refractivity contribution in [3.05, 3.63) is 0 Å². The second-order valence-corrected chi connectivity index (χ2v) is 14.8. The van der Waals surface area contributed by atoms with Crippen LogP contribution in [0.25, 0.3) is 0 Å². The van der Waals surface area contributed by atoms with Crippen molar-refractivity contribution in [2.24, 2.45) is 0 Å². The van der Waals surface area contributed by atoms with Gasteiger partial charge in [-0.05, 0) is 12.8 Å². The molecule has 0 amide bonds. The Morgan fingerprint density at radius 3 is 0.724 bits per heavy atom. The first-order valence-corrected chi connectivity index (χ1v) is 23.7. The second-order valence-electron chi connectivity index (χ2n) is 14.8. The van der Waals surface area contributed by atoms with Crippen LogP contribution in [0, 0.1) is 0 Å². The summed E-state index contributed by atoms with van der Waals surface area (Å²) >= 11 is 0. The molecule has 0 aromatic carbocycles. The topological polar surface area (TPSA) is 119 Å². The summed E-state index contributed by atoms with van der Waals surface area (Å²) in [5, 5.41) is 0. The van der Waals surface area contributed by atoms with E-state index >= 15 is 0 Å². The minimum atomic E-state index is -0.128. The molecule has 0 aromatic rings. The van der Waals surface area contributed by atoms with Gasteiger partial charge in [0.15, 0.2) is 0 Å². The Morgan fingerprint density at radius 2 is 0.448 bits per heavy atom. The monoisotopic (exact) mass is 837 g/mol. The fourth-order valence-electron chi connectivity index (χ4n) is 5.99. The van der Waals surface area contributed by atoms with Crippen molar-refractivity contribution in [3.8, 4) is 0 Å². The van der Waals surface area contributed by atoms with Crippen LogP contribution in [-0.4, -0.2) is 145 Å². The predicted molar refractivity (Wildman–Crippen MR) is 232 cm³/mol. The maximum atomic E-state index is 11.9. The molecule has 0 fully saturated rings. The minimum absolute atomic E-state index is 0.128. The summed E-state index contributed by atoms with van der Waals surface area (Å²) in [6.45, 7) is 15.5. The van der Waals surface area contributed by atoms with Gasteiger partial charge in [-0.3, -0.25) is 4.79 Å². The van der Waals surface area contributed by atoms with Crippen LogP contribution in [-0.2, 0) is 56.9 Å². The summed E-state index contributed by atoms with van der Waals surface area (Å²) in [5.74, 6) is -0.128. The molecule has 0 aromatic heterocycles. The van der Waals surface area contributed by atoms with E-state index in [1.54, 1.807) is 0 Å². The molecule has 0 bridgehead atoms. The lowest BCUT2D eigenvalue weighted by Gasteiger charge is -2.09. The quantitative estimate of drug-likeness (QED) is 0.0429. The van der Waals surface area contributed by atoms with Crippen LogP contribution in [0.1, 0.15) is 155 Å². The molecule has 348 valence electrons. The van der Waals surface area contributed by atoms with Gasteiger partial charge in [-0.2, -0.15) is 0 Å². The smallest absolute Gasteiger partial charge is 0.305 e. The van der Waals surface area contributed by atoms with E-state index in [1.807, 2.05) is 0 Å². The highest BCUT2D eigenvalue weighted by Gasteiger charge is 2.03. The SMILES string of the molecule is CCCCCCCCCCCCCCCCCC(=O)OCCOCCOCCOCCOCCOCCOCCOCCOCCOCCOCCCCCCCC. The van der Waals surface area contributed by atoms with Gasteiger partial charge in [0.1, 0.15) is 6.61 Å². The lowest BCUT2D eigenvalue weighted by atomic mass is 10.0. The second kappa shape index (κ2) is 54.1. The summed E-state index contributed by atoms with van der Waals surface area (Å²) in [6, 6.07) is 0. The van der Waals surface area contributed by atoms with E-state index < -0.39 is 0 Å². The molecule has 0 radical (unpaired) electrons. The highest BCUT2D eigenvalue weighted by atomic mass is 16.6. The fraction of sp³-hybridized carbons (Fsp3) is 0.978. The molecule has 12 nitrogen and oxygen atoms in total. The number of esters is 1. The number of ether oxygens (including phenoxy) is 11. The highest BCUT2D eigenvalue weighted by molar-refractivity contribution is 5.69. The van der Waals surface area contributed by atoms with Crippen molar-refractivity contribution in [1.29, 1.82) is 0 Å². The predicted octanol–water partition coefficient (Wildman–Crippen LogP) is 9.32. The first-order valence-electron chi connectivity index (χ1n) is 23.7. The molecule has 0 aliphatic rings. The Labute approximate surface area is 356 Å². The maximum absolute atomic E-state index is 11.9. The van der Waals surface area contributed by atoms with Crippen LogP contribution in [0.3, 0.4) is 0 Å². The Balaban J connectivity index is 3.12. The zero-order valence-electron chi connectivity index (χ0n) is 37.8. The first-order chi connectivity index (χ1) is 28.8. The molecule has 0 saturated carbocycles. The summed E-state index contributed by atoms with van der Waals surface area (Å²) in [5.41, 5.74) is 0. The molecule has 0 unspecified atom stereocenters. The molecule has 0 atom stereocenters. The fourth-order valence-corrected chi connectivity index (χ4v) is 5.99. The van der Waals surface area contributed by atoms with Gasteiger partial charge in [0.05, 0.1) is 126 Å². The van der Waals surface area contributed by atoms with Crippen molar-refractivity contribution in [2.75, 3.05) is 139 Å². The lowest BCUT2D eigenvalue weighted by Crippen LogP contribution is -2.15. The third kappa shape index (κ3) is 53.1. The average molecular weight is 837 g/mol. The third-order valence-corrected chi connectivity index (χ3v) is 9.47.